The Morgan fingerprint density at radius 3 is 2.77 bits per heavy atom. The first-order chi connectivity index (χ1) is 14.4. The summed E-state index contributed by atoms with van der Waals surface area (Å²) in [5.41, 5.74) is 2.86. The van der Waals surface area contributed by atoms with Crippen LogP contribution in [0.2, 0.25) is 10.0 Å². The third-order valence-electron chi connectivity index (χ3n) is 5.02. The van der Waals surface area contributed by atoms with Gasteiger partial charge in [0.1, 0.15) is 17.9 Å². The van der Waals surface area contributed by atoms with Crippen LogP contribution >= 0.6 is 23.2 Å². The smallest absolute Gasteiger partial charge is 0.407 e. The molecule has 0 spiro atoms. The minimum absolute atomic E-state index is 0.139. The van der Waals surface area contributed by atoms with Gasteiger partial charge in [0.25, 0.3) is 0 Å². The Balaban J connectivity index is 1.61. The number of methoxy groups -OCH3 is 1. The van der Waals surface area contributed by atoms with E-state index >= 15 is 0 Å². The number of ether oxygens (including phenoxy) is 1. The second-order valence-corrected chi connectivity index (χ2v) is 7.66. The van der Waals surface area contributed by atoms with Crippen LogP contribution in [0.4, 0.5) is 4.79 Å². The van der Waals surface area contributed by atoms with E-state index in [1.54, 1.807) is 24.1 Å². The molecule has 2 aromatic heterocycles. The number of aromatic nitrogens is 2. The number of pyridine rings is 1. The van der Waals surface area contributed by atoms with Crippen LogP contribution in [0.3, 0.4) is 0 Å². The molecule has 1 aliphatic rings. The Hall–Kier alpha value is -2.97. The minimum Gasteiger partial charge on any atom is -0.496 e. The first kappa shape index (κ1) is 20.3. The average Bonchev–Trinajstić information content (AvgIpc) is 3.12. The number of carbonyl (C=O) groups is 2. The summed E-state index contributed by atoms with van der Waals surface area (Å²) in [5.74, 6) is 0.360. The SMILES string of the molecule is COc1ccc(Cl)c(Cl)c1-c1ccn2cc(CN3CCN(C(=O)O)CC3=O)nc2c1. The highest BCUT2D eigenvalue weighted by molar-refractivity contribution is 6.44. The molecular weight excluding hydrogens is 431 g/mol. The predicted octanol–water partition coefficient (Wildman–Crippen LogP) is 3.64. The Kier molecular flexibility index (Phi) is 5.44. The summed E-state index contributed by atoms with van der Waals surface area (Å²) in [6.45, 7) is 0.787. The van der Waals surface area contributed by atoms with E-state index in [0.29, 0.717) is 45.8 Å². The van der Waals surface area contributed by atoms with Crippen molar-refractivity contribution in [3.05, 3.63) is 52.4 Å². The van der Waals surface area contributed by atoms with E-state index in [1.807, 2.05) is 28.9 Å². The van der Waals surface area contributed by atoms with E-state index in [9.17, 15) is 9.59 Å². The first-order valence-corrected chi connectivity index (χ1v) is 9.88. The highest BCUT2D eigenvalue weighted by Crippen LogP contribution is 2.40. The lowest BCUT2D eigenvalue weighted by atomic mass is 10.1. The number of rotatable bonds is 4. The molecule has 3 heterocycles. The van der Waals surface area contributed by atoms with Gasteiger partial charge in [-0.05, 0) is 29.8 Å². The second kappa shape index (κ2) is 8.04. The molecule has 10 heteroatoms. The van der Waals surface area contributed by atoms with Gasteiger partial charge in [0.2, 0.25) is 5.91 Å². The first-order valence-electron chi connectivity index (χ1n) is 9.13. The third-order valence-corrected chi connectivity index (χ3v) is 5.82. The average molecular weight is 449 g/mol. The zero-order valence-electron chi connectivity index (χ0n) is 16.0. The number of hydrogen-bond donors (Lipinski definition) is 1. The van der Waals surface area contributed by atoms with Gasteiger partial charge in [-0.15, -0.1) is 0 Å². The summed E-state index contributed by atoms with van der Waals surface area (Å²) in [4.78, 5) is 30.6. The molecular formula is C20H18Cl2N4O4. The molecule has 1 fully saturated rings. The number of nitrogens with zero attached hydrogens (tertiary/aromatic N) is 4. The van der Waals surface area contributed by atoms with Crippen molar-refractivity contribution >= 4 is 40.8 Å². The topological polar surface area (TPSA) is 87.4 Å². The van der Waals surface area contributed by atoms with Crippen molar-refractivity contribution in [2.45, 2.75) is 6.54 Å². The second-order valence-electron chi connectivity index (χ2n) is 6.87. The van der Waals surface area contributed by atoms with Gasteiger partial charge < -0.3 is 19.1 Å². The summed E-state index contributed by atoms with van der Waals surface area (Å²) < 4.78 is 7.28. The highest BCUT2D eigenvalue weighted by atomic mass is 35.5. The van der Waals surface area contributed by atoms with Gasteiger partial charge in [0.15, 0.2) is 0 Å². The Labute approximate surface area is 182 Å². The Bertz CT molecular complexity index is 1150. The lowest BCUT2D eigenvalue weighted by Crippen LogP contribution is -2.51. The van der Waals surface area contributed by atoms with Gasteiger partial charge in [-0.25, -0.2) is 9.78 Å². The quantitative estimate of drug-likeness (QED) is 0.657. The monoisotopic (exact) mass is 448 g/mol. The summed E-state index contributed by atoms with van der Waals surface area (Å²) >= 11 is 12.6. The molecule has 0 atom stereocenters. The van der Waals surface area contributed by atoms with E-state index < -0.39 is 6.09 Å². The Morgan fingerprint density at radius 1 is 1.27 bits per heavy atom. The number of fused-ring (bicyclic) bond motifs is 1. The van der Waals surface area contributed by atoms with Gasteiger partial charge in [-0.3, -0.25) is 9.69 Å². The zero-order valence-corrected chi connectivity index (χ0v) is 17.5. The van der Waals surface area contributed by atoms with Crippen molar-refractivity contribution in [2.24, 2.45) is 0 Å². The normalized spacial score (nSPS) is 14.4. The fourth-order valence-electron chi connectivity index (χ4n) is 3.47. The molecule has 0 unspecified atom stereocenters. The van der Waals surface area contributed by atoms with Crippen LogP contribution in [-0.2, 0) is 11.3 Å². The molecule has 1 aromatic carbocycles. The molecule has 1 saturated heterocycles. The lowest BCUT2D eigenvalue weighted by Gasteiger charge is -2.32. The number of halogens is 2. The molecule has 156 valence electrons. The van der Waals surface area contributed by atoms with Crippen LogP contribution in [-0.4, -0.2) is 63.0 Å². The summed E-state index contributed by atoms with van der Waals surface area (Å²) in [7, 11) is 1.57. The number of carboxylic acid groups (broad SMARTS) is 1. The molecule has 0 radical (unpaired) electrons. The van der Waals surface area contributed by atoms with Crippen molar-refractivity contribution in [3.8, 4) is 16.9 Å². The van der Waals surface area contributed by atoms with E-state index in [2.05, 4.69) is 4.98 Å². The van der Waals surface area contributed by atoms with E-state index in [1.165, 1.54) is 0 Å². The minimum atomic E-state index is -1.08. The molecule has 30 heavy (non-hydrogen) atoms. The van der Waals surface area contributed by atoms with Gasteiger partial charge in [0.05, 0.1) is 29.4 Å². The van der Waals surface area contributed by atoms with Crippen LogP contribution in [0.5, 0.6) is 5.75 Å². The van der Waals surface area contributed by atoms with Gasteiger partial charge in [-0.2, -0.15) is 0 Å². The van der Waals surface area contributed by atoms with Crippen LogP contribution < -0.4 is 4.74 Å². The molecule has 1 N–H and O–H groups in total. The maximum Gasteiger partial charge on any atom is 0.407 e. The van der Waals surface area contributed by atoms with E-state index in [-0.39, 0.29) is 19.0 Å². The van der Waals surface area contributed by atoms with E-state index in [4.69, 9.17) is 33.0 Å². The molecule has 1 aliphatic heterocycles. The number of benzene rings is 1. The zero-order chi connectivity index (χ0) is 21.4. The molecule has 0 bridgehead atoms. The number of imidazole rings is 1. The largest absolute Gasteiger partial charge is 0.496 e. The molecule has 3 aromatic rings. The number of amides is 2. The number of piperazine rings is 1. The van der Waals surface area contributed by atoms with Crippen LogP contribution in [0.1, 0.15) is 5.69 Å². The fraction of sp³-hybridized carbons (Fsp3) is 0.250. The molecule has 2 amide bonds. The molecule has 8 nitrogen and oxygen atoms in total. The molecule has 0 saturated carbocycles. The summed E-state index contributed by atoms with van der Waals surface area (Å²) in [5, 5.41) is 9.86. The van der Waals surface area contributed by atoms with Crippen molar-refractivity contribution in [3.63, 3.8) is 0 Å². The lowest BCUT2D eigenvalue weighted by molar-refractivity contribution is -0.135. The van der Waals surface area contributed by atoms with Crippen LogP contribution in [0.25, 0.3) is 16.8 Å². The standard InChI is InChI=1S/C20H18Cl2N4O4/c1-30-15-3-2-14(21)19(22)18(15)12-4-5-24-9-13(23-16(24)8-12)10-25-6-7-26(20(28)29)11-17(25)27/h2-5,8-9H,6-7,10-11H2,1H3,(H,28,29). The van der Waals surface area contributed by atoms with Crippen molar-refractivity contribution in [2.75, 3.05) is 26.7 Å². The predicted molar refractivity (Wildman–Crippen MR) is 112 cm³/mol. The fourth-order valence-corrected chi connectivity index (χ4v) is 3.90. The van der Waals surface area contributed by atoms with Crippen molar-refractivity contribution < 1.29 is 19.4 Å². The maximum atomic E-state index is 12.3. The van der Waals surface area contributed by atoms with E-state index in [0.717, 1.165) is 10.5 Å². The number of hydrogen-bond acceptors (Lipinski definition) is 4. The van der Waals surface area contributed by atoms with Crippen LogP contribution in [0.15, 0.2) is 36.7 Å². The molecule has 0 aliphatic carbocycles. The van der Waals surface area contributed by atoms with Crippen LogP contribution in [0, 0.1) is 0 Å². The summed E-state index contributed by atoms with van der Waals surface area (Å²) in [6, 6.07) is 7.19. The van der Waals surface area contributed by atoms with Gasteiger partial charge in [-0.1, -0.05) is 23.2 Å². The Morgan fingerprint density at radius 2 is 2.07 bits per heavy atom. The van der Waals surface area contributed by atoms with Gasteiger partial charge in [0, 0.05) is 31.0 Å². The maximum absolute atomic E-state index is 12.3. The highest BCUT2D eigenvalue weighted by Gasteiger charge is 2.27. The van der Waals surface area contributed by atoms with Crippen molar-refractivity contribution in [1.29, 1.82) is 0 Å². The molecule has 4 rings (SSSR count). The van der Waals surface area contributed by atoms with Crippen molar-refractivity contribution in [1.82, 2.24) is 19.2 Å². The van der Waals surface area contributed by atoms with Gasteiger partial charge >= 0.3 is 6.09 Å². The third kappa shape index (κ3) is 3.76. The number of carbonyl (C=O) groups excluding carboxylic acids is 1. The summed E-state index contributed by atoms with van der Waals surface area (Å²) in [6.07, 6.45) is 2.60.